The first-order valence-corrected chi connectivity index (χ1v) is 6.29. The lowest BCUT2D eigenvalue weighted by molar-refractivity contribution is 0.313. The second-order valence-corrected chi connectivity index (χ2v) is 5.16. The van der Waals surface area contributed by atoms with Crippen molar-refractivity contribution in [3.63, 3.8) is 0 Å². The number of benzene rings is 1. The zero-order valence-electron chi connectivity index (χ0n) is 10.2. The number of aryl methyl sites for hydroxylation is 2. The molecule has 0 radical (unpaired) electrons. The molecular formula is C15H22. The van der Waals surface area contributed by atoms with Crippen molar-refractivity contribution in [2.45, 2.75) is 46.5 Å². The van der Waals surface area contributed by atoms with Crippen LogP contribution < -0.4 is 0 Å². The first kappa shape index (κ1) is 10.7. The topological polar surface area (TPSA) is 0 Å². The molecule has 0 fully saturated rings. The van der Waals surface area contributed by atoms with Crippen LogP contribution in [0.5, 0.6) is 0 Å². The SMILES string of the molecule is CCC(C)C1CCc2cc(C)ccc2C1. The van der Waals surface area contributed by atoms with E-state index in [1.54, 1.807) is 11.1 Å². The highest BCUT2D eigenvalue weighted by Crippen LogP contribution is 2.31. The van der Waals surface area contributed by atoms with Gasteiger partial charge in [-0.3, -0.25) is 0 Å². The standard InChI is InChI=1S/C15H22/c1-4-12(3)13-7-8-14-9-11(2)5-6-15(14)10-13/h5-6,9,12-13H,4,7-8,10H2,1-3H3. The molecule has 0 saturated heterocycles. The quantitative estimate of drug-likeness (QED) is 0.676. The van der Waals surface area contributed by atoms with Gasteiger partial charge in [0.2, 0.25) is 0 Å². The maximum Gasteiger partial charge on any atom is -0.0245 e. The summed E-state index contributed by atoms with van der Waals surface area (Å²) in [5.74, 6) is 1.81. The third-order valence-electron chi connectivity index (χ3n) is 4.08. The Labute approximate surface area is 93.7 Å². The van der Waals surface area contributed by atoms with Gasteiger partial charge < -0.3 is 0 Å². The molecule has 0 aliphatic heterocycles. The fourth-order valence-corrected chi connectivity index (χ4v) is 2.73. The second kappa shape index (κ2) is 4.38. The summed E-state index contributed by atoms with van der Waals surface area (Å²) in [5.41, 5.74) is 4.63. The third-order valence-corrected chi connectivity index (χ3v) is 4.08. The minimum absolute atomic E-state index is 0.888. The van der Waals surface area contributed by atoms with Gasteiger partial charge in [0, 0.05) is 0 Å². The first-order valence-electron chi connectivity index (χ1n) is 6.29. The molecule has 1 aliphatic rings. The molecule has 0 spiro atoms. The van der Waals surface area contributed by atoms with Crippen LogP contribution in [0.1, 0.15) is 43.4 Å². The summed E-state index contributed by atoms with van der Waals surface area (Å²) in [7, 11) is 0. The van der Waals surface area contributed by atoms with Crippen LogP contribution in [0.3, 0.4) is 0 Å². The van der Waals surface area contributed by atoms with Gasteiger partial charge in [-0.1, -0.05) is 44.0 Å². The number of hydrogen-bond donors (Lipinski definition) is 0. The molecule has 15 heavy (non-hydrogen) atoms. The highest BCUT2D eigenvalue weighted by atomic mass is 14.3. The minimum atomic E-state index is 0.888. The first-order chi connectivity index (χ1) is 7.20. The van der Waals surface area contributed by atoms with Crippen LogP contribution >= 0.6 is 0 Å². The number of fused-ring (bicyclic) bond motifs is 1. The van der Waals surface area contributed by atoms with Crippen LogP contribution in [0.2, 0.25) is 0 Å². The van der Waals surface area contributed by atoms with E-state index in [-0.39, 0.29) is 0 Å². The maximum absolute atomic E-state index is 2.41. The summed E-state index contributed by atoms with van der Waals surface area (Å²) in [5, 5.41) is 0. The molecule has 1 aliphatic carbocycles. The molecule has 0 aromatic heterocycles. The van der Waals surface area contributed by atoms with E-state index in [1.165, 1.54) is 31.2 Å². The lowest BCUT2D eigenvalue weighted by Crippen LogP contribution is -2.20. The Balaban J connectivity index is 2.16. The van der Waals surface area contributed by atoms with Crippen LogP contribution in [0.15, 0.2) is 18.2 Å². The Hall–Kier alpha value is -0.780. The van der Waals surface area contributed by atoms with Gasteiger partial charge in [-0.2, -0.15) is 0 Å². The summed E-state index contributed by atoms with van der Waals surface area (Å²) < 4.78 is 0. The Morgan fingerprint density at radius 2 is 2.13 bits per heavy atom. The fourth-order valence-electron chi connectivity index (χ4n) is 2.73. The number of rotatable bonds is 2. The fraction of sp³-hybridized carbons (Fsp3) is 0.600. The van der Waals surface area contributed by atoms with Gasteiger partial charge in [-0.25, -0.2) is 0 Å². The molecule has 2 unspecified atom stereocenters. The van der Waals surface area contributed by atoms with Crippen molar-refractivity contribution < 1.29 is 0 Å². The molecule has 0 amide bonds. The van der Waals surface area contributed by atoms with E-state index < -0.39 is 0 Å². The van der Waals surface area contributed by atoms with Crippen molar-refractivity contribution in [3.05, 3.63) is 34.9 Å². The Bertz CT molecular complexity index is 338. The molecule has 0 nitrogen and oxygen atoms in total. The molecular weight excluding hydrogens is 180 g/mol. The highest BCUT2D eigenvalue weighted by Gasteiger charge is 2.22. The van der Waals surface area contributed by atoms with Gasteiger partial charge in [0.15, 0.2) is 0 Å². The van der Waals surface area contributed by atoms with Crippen molar-refractivity contribution in [1.82, 2.24) is 0 Å². The average molecular weight is 202 g/mol. The van der Waals surface area contributed by atoms with Crippen molar-refractivity contribution in [2.24, 2.45) is 11.8 Å². The molecule has 1 aromatic rings. The lowest BCUT2D eigenvalue weighted by Gasteiger charge is -2.29. The van der Waals surface area contributed by atoms with Crippen LogP contribution in [0.25, 0.3) is 0 Å². The monoisotopic (exact) mass is 202 g/mol. The molecule has 0 N–H and O–H groups in total. The van der Waals surface area contributed by atoms with Crippen molar-refractivity contribution in [2.75, 3.05) is 0 Å². The molecule has 1 aromatic carbocycles. The molecule has 82 valence electrons. The average Bonchev–Trinajstić information content (AvgIpc) is 2.27. The smallest absolute Gasteiger partial charge is 0.0245 e. The van der Waals surface area contributed by atoms with Crippen LogP contribution in [0.4, 0.5) is 0 Å². The summed E-state index contributed by atoms with van der Waals surface area (Å²) in [6, 6.07) is 6.99. The Kier molecular flexibility index (Phi) is 3.14. The second-order valence-electron chi connectivity index (χ2n) is 5.16. The van der Waals surface area contributed by atoms with Gasteiger partial charge in [0.05, 0.1) is 0 Å². The van der Waals surface area contributed by atoms with Gasteiger partial charge in [-0.05, 0) is 49.1 Å². The van der Waals surface area contributed by atoms with E-state index in [2.05, 4.69) is 39.0 Å². The van der Waals surface area contributed by atoms with Crippen molar-refractivity contribution in [1.29, 1.82) is 0 Å². The van der Waals surface area contributed by atoms with E-state index in [4.69, 9.17) is 0 Å². The predicted octanol–water partition coefficient (Wildman–Crippen LogP) is 4.15. The zero-order chi connectivity index (χ0) is 10.8. The van der Waals surface area contributed by atoms with Crippen LogP contribution in [-0.4, -0.2) is 0 Å². The minimum Gasteiger partial charge on any atom is -0.0651 e. The molecule has 2 atom stereocenters. The van der Waals surface area contributed by atoms with Gasteiger partial charge in [0.25, 0.3) is 0 Å². The number of hydrogen-bond acceptors (Lipinski definition) is 0. The molecule has 0 saturated carbocycles. The van der Waals surface area contributed by atoms with Gasteiger partial charge >= 0.3 is 0 Å². The highest BCUT2D eigenvalue weighted by molar-refractivity contribution is 5.33. The predicted molar refractivity (Wildman–Crippen MR) is 66.1 cm³/mol. The summed E-state index contributed by atoms with van der Waals surface area (Å²) in [4.78, 5) is 0. The van der Waals surface area contributed by atoms with Crippen molar-refractivity contribution in [3.8, 4) is 0 Å². The van der Waals surface area contributed by atoms with Crippen molar-refractivity contribution >= 4 is 0 Å². The lowest BCUT2D eigenvalue weighted by atomic mass is 9.76. The van der Waals surface area contributed by atoms with Crippen LogP contribution in [-0.2, 0) is 12.8 Å². The summed E-state index contributed by atoms with van der Waals surface area (Å²) in [6.07, 6.45) is 5.33. The van der Waals surface area contributed by atoms with Crippen LogP contribution in [0, 0.1) is 18.8 Å². The summed E-state index contributed by atoms with van der Waals surface area (Å²) >= 11 is 0. The Morgan fingerprint density at radius 3 is 2.87 bits per heavy atom. The molecule has 2 rings (SSSR count). The van der Waals surface area contributed by atoms with E-state index in [9.17, 15) is 0 Å². The summed E-state index contributed by atoms with van der Waals surface area (Å²) in [6.45, 7) is 6.92. The Morgan fingerprint density at radius 1 is 1.33 bits per heavy atom. The van der Waals surface area contributed by atoms with E-state index in [1.807, 2.05) is 0 Å². The van der Waals surface area contributed by atoms with Gasteiger partial charge in [-0.15, -0.1) is 0 Å². The zero-order valence-corrected chi connectivity index (χ0v) is 10.2. The van der Waals surface area contributed by atoms with Gasteiger partial charge in [0.1, 0.15) is 0 Å². The van der Waals surface area contributed by atoms with E-state index in [0.717, 1.165) is 11.8 Å². The van der Waals surface area contributed by atoms with E-state index in [0.29, 0.717) is 0 Å². The van der Waals surface area contributed by atoms with E-state index >= 15 is 0 Å². The maximum atomic E-state index is 2.41. The molecule has 0 heteroatoms. The molecule has 0 bridgehead atoms. The largest absolute Gasteiger partial charge is 0.0651 e. The molecule has 0 heterocycles. The normalized spacial score (nSPS) is 22.2. The third kappa shape index (κ3) is 2.25.